The topological polar surface area (TPSA) is 93.5 Å². The standard InChI is InChI=1S/C16H24N6O3/c23-14(10-21-12-17-18-19-21)20-7-5-16(11-20)4-1-6-22(15(16)24)13-2-8-25-9-3-13/h12-13H,1-11H2/t16-/m1/s1. The summed E-state index contributed by atoms with van der Waals surface area (Å²) in [5, 5.41) is 10.8. The molecule has 3 aliphatic heterocycles. The predicted molar refractivity (Wildman–Crippen MR) is 86.2 cm³/mol. The summed E-state index contributed by atoms with van der Waals surface area (Å²) >= 11 is 0. The van der Waals surface area contributed by atoms with Crippen molar-refractivity contribution < 1.29 is 14.3 Å². The van der Waals surface area contributed by atoms with Crippen molar-refractivity contribution in [2.75, 3.05) is 32.8 Å². The van der Waals surface area contributed by atoms with Crippen molar-refractivity contribution in [2.24, 2.45) is 5.41 Å². The van der Waals surface area contributed by atoms with Crippen LogP contribution in [0.1, 0.15) is 32.1 Å². The van der Waals surface area contributed by atoms with Crippen LogP contribution in [0.15, 0.2) is 6.33 Å². The minimum Gasteiger partial charge on any atom is -0.381 e. The van der Waals surface area contributed by atoms with E-state index in [9.17, 15) is 9.59 Å². The second kappa shape index (κ2) is 6.70. The van der Waals surface area contributed by atoms with Crippen LogP contribution in [0.3, 0.4) is 0 Å². The van der Waals surface area contributed by atoms with Crippen LogP contribution >= 0.6 is 0 Å². The quantitative estimate of drug-likeness (QED) is 0.744. The van der Waals surface area contributed by atoms with Crippen molar-refractivity contribution in [3.63, 3.8) is 0 Å². The van der Waals surface area contributed by atoms with Gasteiger partial charge in [0.2, 0.25) is 11.8 Å². The highest BCUT2D eigenvalue weighted by atomic mass is 16.5. The van der Waals surface area contributed by atoms with Crippen molar-refractivity contribution in [1.82, 2.24) is 30.0 Å². The van der Waals surface area contributed by atoms with E-state index in [1.165, 1.54) is 11.0 Å². The first-order valence-corrected chi connectivity index (χ1v) is 9.05. The minimum absolute atomic E-state index is 0.0276. The molecule has 1 aromatic rings. The van der Waals surface area contributed by atoms with Gasteiger partial charge in [0.1, 0.15) is 12.9 Å². The average molecular weight is 348 g/mol. The largest absolute Gasteiger partial charge is 0.381 e. The molecule has 136 valence electrons. The highest BCUT2D eigenvalue weighted by Crippen LogP contribution is 2.41. The van der Waals surface area contributed by atoms with Crippen molar-refractivity contribution in [2.45, 2.75) is 44.7 Å². The number of likely N-dealkylation sites (tertiary alicyclic amines) is 2. The molecular formula is C16H24N6O3. The van der Waals surface area contributed by atoms with Crippen LogP contribution in [0.4, 0.5) is 0 Å². The van der Waals surface area contributed by atoms with Gasteiger partial charge in [0.15, 0.2) is 0 Å². The lowest BCUT2D eigenvalue weighted by Crippen LogP contribution is -2.55. The third-order valence-corrected chi connectivity index (χ3v) is 5.80. The van der Waals surface area contributed by atoms with Crippen LogP contribution < -0.4 is 0 Å². The summed E-state index contributed by atoms with van der Waals surface area (Å²) in [6.07, 6.45) is 5.92. The summed E-state index contributed by atoms with van der Waals surface area (Å²) in [7, 11) is 0. The third-order valence-electron chi connectivity index (χ3n) is 5.80. The Bertz CT molecular complexity index is 630. The molecule has 9 heteroatoms. The average Bonchev–Trinajstić information content (AvgIpc) is 3.29. The maximum absolute atomic E-state index is 13.2. The number of carbonyl (C=O) groups excluding carboxylic acids is 2. The van der Waals surface area contributed by atoms with Gasteiger partial charge in [-0.25, -0.2) is 4.68 Å². The van der Waals surface area contributed by atoms with E-state index in [0.717, 1.165) is 51.9 Å². The molecule has 9 nitrogen and oxygen atoms in total. The Balaban J connectivity index is 1.42. The molecule has 0 unspecified atom stereocenters. The van der Waals surface area contributed by atoms with Gasteiger partial charge in [-0.1, -0.05) is 0 Å². The summed E-state index contributed by atoms with van der Waals surface area (Å²) in [5.41, 5.74) is -0.396. The highest BCUT2D eigenvalue weighted by molar-refractivity contribution is 5.86. The molecule has 4 rings (SSSR count). The van der Waals surface area contributed by atoms with E-state index in [0.29, 0.717) is 19.1 Å². The smallest absolute Gasteiger partial charge is 0.244 e. The van der Waals surface area contributed by atoms with E-state index < -0.39 is 5.41 Å². The Kier molecular flexibility index (Phi) is 4.41. The van der Waals surface area contributed by atoms with Gasteiger partial charge in [0.25, 0.3) is 0 Å². The lowest BCUT2D eigenvalue weighted by Gasteiger charge is -2.44. The van der Waals surface area contributed by atoms with Crippen LogP contribution in [-0.2, 0) is 20.9 Å². The molecular weight excluding hydrogens is 324 g/mol. The Morgan fingerprint density at radius 1 is 1.28 bits per heavy atom. The van der Waals surface area contributed by atoms with Gasteiger partial charge in [0.05, 0.1) is 5.41 Å². The Morgan fingerprint density at radius 2 is 2.12 bits per heavy atom. The van der Waals surface area contributed by atoms with Crippen molar-refractivity contribution in [1.29, 1.82) is 0 Å². The fourth-order valence-electron chi connectivity index (χ4n) is 4.40. The molecule has 4 heterocycles. The van der Waals surface area contributed by atoms with E-state index >= 15 is 0 Å². The first-order chi connectivity index (χ1) is 12.2. The number of piperidine rings is 1. The summed E-state index contributed by atoms with van der Waals surface area (Å²) < 4.78 is 6.85. The number of hydrogen-bond donors (Lipinski definition) is 0. The van der Waals surface area contributed by atoms with Gasteiger partial charge in [-0.15, -0.1) is 5.10 Å². The molecule has 3 saturated heterocycles. The molecule has 25 heavy (non-hydrogen) atoms. The lowest BCUT2D eigenvalue weighted by molar-refractivity contribution is -0.151. The van der Waals surface area contributed by atoms with Crippen LogP contribution in [0.5, 0.6) is 0 Å². The Labute approximate surface area is 146 Å². The van der Waals surface area contributed by atoms with Crippen LogP contribution in [0, 0.1) is 5.41 Å². The molecule has 0 radical (unpaired) electrons. The van der Waals surface area contributed by atoms with E-state index in [4.69, 9.17) is 4.74 Å². The van der Waals surface area contributed by atoms with E-state index in [1.807, 2.05) is 0 Å². The Hall–Kier alpha value is -2.03. The molecule has 1 aromatic heterocycles. The first kappa shape index (κ1) is 16.4. The molecule has 1 atom stereocenters. The second-order valence-electron chi connectivity index (χ2n) is 7.30. The minimum atomic E-state index is -0.396. The van der Waals surface area contributed by atoms with Crippen LogP contribution in [0.2, 0.25) is 0 Å². The predicted octanol–water partition coefficient (Wildman–Crippen LogP) is -0.307. The molecule has 0 aliphatic carbocycles. The lowest BCUT2D eigenvalue weighted by atomic mass is 9.77. The van der Waals surface area contributed by atoms with Crippen LogP contribution in [-0.4, -0.2) is 80.7 Å². The molecule has 0 N–H and O–H groups in total. The fourth-order valence-corrected chi connectivity index (χ4v) is 4.40. The number of amides is 2. The zero-order chi connectivity index (χ0) is 17.3. The zero-order valence-electron chi connectivity index (χ0n) is 14.3. The van der Waals surface area contributed by atoms with Crippen molar-refractivity contribution in [3.05, 3.63) is 6.33 Å². The van der Waals surface area contributed by atoms with Gasteiger partial charge in [-0.3, -0.25) is 9.59 Å². The van der Waals surface area contributed by atoms with Crippen molar-refractivity contribution >= 4 is 11.8 Å². The van der Waals surface area contributed by atoms with Gasteiger partial charge >= 0.3 is 0 Å². The Morgan fingerprint density at radius 3 is 2.88 bits per heavy atom. The van der Waals surface area contributed by atoms with E-state index in [2.05, 4.69) is 20.4 Å². The fraction of sp³-hybridized carbons (Fsp3) is 0.812. The maximum Gasteiger partial charge on any atom is 0.244 e. The molecule has 3 fully saturated rings. The van der Waals surface area contributed by atoms with Crippen molar-refractivity contribution in [3.8, 4) is 0 Å². The third kappa shape index (κ3) is 3.12. The summed E-state index contributed by atoms with van der Waals surface area (Å²) in [5.74, 6) is 0.212. The molecule has 0 aromatic carbocycles. The van der Waals surface area contributed by atoms with E-state index in [-0.39, 0.29) is 18.4 Å². The number of ether oxygens (including phenoxy) is 1. The maximum atomic E-state index is 13.2. The van der Waals surface area contributed by atoms with Gasteiger partial charge in [0, 0.05) is 38.9 Å². The number of hydrogen-bond acceptors (Lipinski definition) is 6. The first-order valence-electron chi connectivity index (χ1n) is 9.05. The SMILES string of the molecule is O=C(Cn1cnnn1)N1CC[C@]2(CCCN(C3CCOCC3)C2=O)C1. The molecule has 1 spiro atoms. The number of tetrazole rings is 1. The summed E-state index contributed by atoms with van der Waals surface area (Å²) in [6, 6.07) is 0.296. The second-order valence-corrected chi connectivity index (χ2v) is 7.30. The van der Waals surface area contributed by atoms with E-state index in [1.54, 1.807) is 4.90 Å². The molecule has 0 saturated carbocycles. The highest BCUT2D eigenvalue weighted by Gasteiger charge is 2.50. The van der Waals surface area contributed by atoms with Gasteiger partial charge in [-0.05, 0) is 42.5 Å². The zero-order valence-corrected chi connectivity index (χ0v) is 14.3. The number of rotatable bonds is 3. The molecule has 3 aliphatic rings. The number of nitrogens with zero attached hydrogens (tertiary/aromatic N) is 6. The number of aromatic nitrogens is 4. The summed E-state index contributed by atoms with van der Waals surface area (Å²) in [6.45, 7) is 3.58. The monoisotopic (exact) mass is 348 g/mol. The molecule has 0 bridgehead atoms. The van der Waals surface area contributed by atoms with Gasteiger partial charge in [-0.2, -0.15) is 0 Å². The van der Waals surface area contributed by atoms with Gasteiger partial charge < -0.3 is 14.5 Å². The van der Waals surface area contributed by atoms with Crippen LogP contribution in [0.25, 0.3) is 0 Å². The molecule has 2 amide bonds. The number of carbonyl (C=O) groups is 2. The summed E-state index contributed by atoms with van der Waals surface area (Å²) in [4.78, 5) is 29.6. The normalized spacial score (nSPS) is 28.1.